The summed E-state index contributed by atoms with van der Waals surface area (Å²) in [7, 11) is -4.08. The van der Waals surface area contributed by atoms with Gasteiger partial charge in [-0.1, -0.05) is 18.2 Å². The highest BCUT2D eigenvalue weighted by molar-refractivity contribution is 7.92. The van der Waals surface area contributed by atoms with Gasteiger partial charge in [-0.15, -0.1) is 0 Å². The Labute approximate surface area is 121 Å². The Balaban J connectivity index is 2.52. The largest absolute Gasteiger partial charge is 0.478 e. The Bertz CT molecular complexity index is 788. The average Bonchev–Trinajstić information content (AvgIpc) is 2.41. The van der Waals surface area contributed by atoms with Crippen molar-refractivity contribution in [2.75, 3.05) is 4.72 Å². The summed E-state index contributed by atoms with van der Waals surface area (Å²) in [5.41, 5.74) is -0.256. The lowest BCUT2D eigenvalue weighted by Crippen LogP contribution is -2.16. The van der Waals surface area contributed by atoms with E-state index in [-0.39, 0.29) is 5.56 Å². The maximum absolute atomic E-state index is 13.7. The van der Waals surface area contributed by atoms with Crippen LogP contribution in [0.1, 0.15) is 15.9 Å². The summed E-state index contributed by atoms with van der Waals surface area (Å²) in [5, 5.41) is 8.90. The molecular weight excluding hydrogens is 297 g/mol. The molecule has 0 fully saturated rings. The van der Waals surface area contributed by atoms with Crippen LogP contribution in [-0.2, 0) is 10.0 Å². The van der Waals surface area contributed by atoms with Crippen LogP contribution in [0.15, 0.2) is 47.4 Å². The number of hydrogen-bond donors (Lipinski definition) is 2. The Kier molecular flexibility index (Phi) is 3.95. The molecule has 2 aromatic rings. The van der Waals surface area contributed by atoms with Crippen molar-refractivity contribution in [3.8, 4) is 0 Å². The molecule has 0 heterocycles. The fourth-order valence-electron chi connectivity index (χ4n) is 1.77. The SMILES string of the molecule is Cc1c(F)cc(C(=O)O)cc1S(=O)(=O)Nc1ccccc1. The first-order chi connectivity index (χ1) is 9.81. The lowest BCUT2D eigenvalue weighted by molar-refractivity contribution is 0.0696. The maximum Gasteiger partial charge on any atom is 0.335 e. The number of anilines is 1. The van der Waals surface area contributed by atoms with Crippen LogP contribution in [0.5, 0.6) is 0 Å². The molecule has 0 saturated heterocycles. The minimum atomic E-state index is -4.08. The number of benzene rings is 2. The van der Waals surface area contributed by atoms with E-state index in [9.17, 15) is 17.6 Å². The summed E-state index contributed by atoms with van der Waals surface area (Å²) in [6, 6.07) is 9.78. The molecule has 0 bridgehead atoms. The fourth-order valence-corrected chi connectivity index (χ4v) is 3.11. The molecule has 0 saturated carbocycles. The zero-order valence-corrected chi connectivity index (χ0v) is 11.8. The second-order valence-electron chi connectivity index (χ2n) is 4.36. The van der Waals surface area contributed by atoms with Gasteiger partial charge in [0.25, 0.3) is 10.0 Å². The van der Waals surface area contributed by atoms with E-state index in [1.54, 1.807) is 18.2 Å². The van der Waals surface area contributed by atoms with Crippen molar-refractivity contribution in [1.82, 2.24) is 0 Å². The van der Waals surface area contributed by atoms with E-state index in [2.05, 4.69) is 4.72 Å². The van der Waals surface area contributed by atoms with E-state index in [4.69, 9.17) is 5.11 Å². The Hall–Kier alpha value is -2.41. The van der Waals surface area contributed by atoms with E-state index in [0.29, 0.717) is 5.69 Å². The number of carboxylic acid groups (broad SMARTS) is 1. The van der Waals surface area contributed by atoms with Crippen molar-refractivity contribution < 1.29 is 22.7 Å². The van der Waals surface area contributed by atoms with Gasteiger partial charge in [-0.3, -0.25) is 4.72 Å². The van der Waals surface area contributed by atoms with Crippen molar-refractivity contribution >= 4 is 21.7 Å². The number of nitrogens with one attached hydrogen (secondary N) is 1. The van der Waals surface area contributed by atoms with Crippen molar-refractivity contribution in [2.45, 2.75) is 11.8 Å². The van der Waals surface area contributed by atoms with Gasteiger partial charge in [-0.2, -0.15) is 0 Å². The molecule has 0 unspecified atom stereocenters. The van der Waals surface area contributed by atoms with Gasteiger partial charge >= 0.3 is 5.97 Å². The standard InChI is InChI=1S/C14H12FNO4S/c1-9-12(15)7-10(14(17)18)8-13(9)21(19,20)16-11-5-3-2-4-6-11/h2-8,16H,1H3,(H,17,18). The highest BCUT2D eigenvalue weighted by atomic mass is 32.2. The molecule has 0 spiro atoms. The fraction of sp³-hybridized carbons (Fsp3) is 0.0714. The van der Waals surface area contributed by atoms with E-state index >= 15 is 0 Å². The predicted octanol–water partition coefficient (Wildman–Crippen LogP) is 2.63. The first-order valence-electron chi connectivity index (χ1n) is 5.92. The van der Waals surface area contributed by atoms with Gasteiger partial charge in [0.1, 0.15) is 5.82 Å². The second kappa shape index (κ2) is 5.53. The molecule has 0 aliphatic heterocycles. The Morgan fingerprint density at radius 3 is 2.38 bits per heavy atom. The summed E-state index contributed by atoms with van der Waals surface area (Å²) in [5.74, 6) is -2.28. The zero-order chi connectivity index (χ0) is 15.6. The van der Waals surface area contributed by atoms with E-state index in [1.165, 1.54) is 19.1 Å². The average molecular weight is 309 g/mol. The molecule has 5 nitrogen and oxygen atoms in total. The topological polar surface area (TPSA) is 83.5 Å². The van der Waals surface area contributed by atoms with Gasteiger partial charge in [0, 0.05) is 11.3 Å². The molecule has 0 aliphatic rings. The van der Waals surface area contributed by atoms with Crippen LogP contribution in [0.2, 0.25) is 0 Å². The van der Waals surface area contributed by atoms with Crippen LogP contribution in [-0.4, -0.2) is 19.5 Å². The maximum atomic E-state index is 13.7. The zero-order valence-electron chi connectivity index (χ0n) is 11.0. The van der Waals surface area contributed by atoms with Crippen LogP contribution in [0.25, 0.3) is 0 Å². The third-order valence-electron chi connectivity index (χ3n) is 2.86. The van der Waals surface area contributed by atoms with Crippen molar-refractivity contribution in [3.63, 3.8) is 0 Å². The van der Waals surface area contributed by atoms with Gasteiger partial charge in [0.15, 0.2) is 0 Å². The molecule has 21 heavy (non-hydrogen) atoms. The number of para-hydroxylation sites is 1. The van der Waals surface area contributed by atoms with Gasteiger partial charge in [-0.25, -0.2) is 17.6 Å². The number of carbonyl (C=O) groups is 1. The highest BCUT2D eigenvalue weighted by Gasteiger charge is 2.22. The number of halogens is 1. The number of aromatic carboxylic acids is 1. The molecule has 0 aliphatic carbocycles. The molecule has 0 atom stereocenters. The Morgan fingerprint density at radius 2 is 1.81 bits per heavy atom. The summed E-state index contributed by atoms with van der Waals surface area (Å²) in [6.45, 7) is 1.28. The minimum Gasteiger partial charge on any atom is -0.478 e. The highest BCUT2D eigenvalue weighted by Crippen LogP contribution is 2.23. The van der Waals surface area contributed by atoms with Crippen molar-refractivity contribution in [1.29, 1.82) is 0 Å². The third kappa shape index (κ3) is 3.19. The molecule has 2 rings (SSSR count). The number of carboxylic acids is 1. The summed E-state index contributed by atoms with van der Waals surface area (Å²) in [4.78, 5) is 10.5. The molecule has 2 aromatic carbocycles. The van der Waals surface area contributed by atoms with Crippen molar-refractivity contribution in [3.05, 3.63) is 59.4 Å². The summed E-state index contributed by atoms with van der Waals surface area (Å²) >= 11 is 0. The van der Waals surface area contributed by atoms with E-state index < -0.39 is 32.3 Å². The van der Waals surface area contributed by atoms with Crippen LogP contribution < -0.4 is 4.72 Å². The monoisotopic (exact) mass is 309 g/mol. The smallest absolute Gasteiger partial charge is 0.335 e. The molecule has 2 N–H and O–H groups in total. The molecule has 0 amide bonds. The van der Waals surface area contributed by atoms with Crippen LogP contribution in [0.4, 0.5) is 10.1 Å². The number of rotatable bonds is 4. The normalized spacial score (nSPS) is 11.1. The first-order valence-corrected chi connectivity index (χ1v) is 7.41. The van der Waals surface area contributed by atoms with E-state index in [1.807, 2.05) is 0 Å². The quantitative estimate of drug-likeness (QED) is 0.909. The summed E-state index contributed by atoms with van der Waals surface area (Å²) < 4.78 is 40.6. The number of hydrogen-bond acceptors (Lipinski definition) is 3. The van der Waals surface area contributed by atoms with Crippen LogP contribution >= 0.6 is 0 Å². The minimum absolute atomic E-state index is 0.136. The molecule has 0 aromatic heterocycles. The summed E-state index contributed by atoms with van der Waals surface area (Å²) in [6.07, 6.45) is 0. The van der Waals surface area contributed by atoms with Gasteiger partial charge in [-0.05, 0) is 31.2 Å². The molecule has 110 valence electrons. The first kappa shape index (κ1) is 15.0. The number of sulfonamides is 1. The van der Waals surface area contributed by atoms with Gasteiger partial charge in [0.2, 0.25) is 0 Å². The molecular formula is C14H12FNO4S. The third-order valence-corrected chi connectivity index (χ3v) is 4.37. The van der Waals surface area contributed by atoms with Crippen LogP contribution in [0.3, 0.4) is 0 Å². The molecule has 7 heteroatoms. The second-order valence-corrected chi connectivity index (χ2v) is 6.01. The van der Waals surface area contributed by atoms with Crippen LogP contribution in [0, 0.1) is 12.7 Å². The van der Waals surface area contributed by atoms with Crippen molar-refractivity contribution in [2.24, 2.45) is 0 Å². The lowest BCUT2D eigenvalue weighted by Gasteiger charge is -2.11. The Morgan fingerprint density at radius 1 is 1.19 bits per heavy atom. The van der Waals surface area contributed by atoms with E-state index in [0.717, 1.165) is 12.1 Å². The molecule has 0 radical (unpaired) electrons. The lowest BCUT2D eigenvalue weighted by atomic mass is 10.1. The predicted molar refractivity (Wildman–Crippen MR) is 75.3 cm³/mol. The van der Waals surface area contributed by atoms with Gasteiger partial charge < -0.3 is 5.11 Å². The van der Waals surface area contributed by atoms with Gasteiger partial charge in [0.05, 0.1) is 10.5 Å².